The van der Waals surface area contributed by atoms with Gasteiger partial charge in [0.25, 0.3) is 5.91 Å². The first-order chi connectivity index (χ1) is 11.9. The van der Waals surface area contributed by atoms with Crippen LogP contribution >= 0.6 is 47.3 Å². The van der Waals surface area contributed by atoms with E-state index in [2.05, 4.69) is 41.3 Å². The number of carbonyl (C=O) groups is 1. The van der Waals surface area contributed by atoms with E-state index in [1.807, 2.05) is 17.8 Å². The van der Waals surface area contributed by atoms with Gasteiger partial charge in [-0.3, -0.25) is 9.79 Å². The number of guanidine groups is 1. The van der Waals surface area contributed by atoms with Crippen molar-refractivity contribution in [2.45, 2.75) is 25.5 Å². The van der Waals surface area contributed by atoms with Gasteiger partial charge < -0.3 is 15.5 Å². The largest absolute Gasteiger partial charge is 0.357 e. The Labute approximate surface area is 182 Å². The normalized spacial score (nSPS) is 16.6. The topological polar surface area (TPSA) is 56.7 Å². The van der Waals surface area contributed by atoms with Crippen LogP contribution in [0.5, 0.6) is 0 Å². The Morgan fingerprint density at radius 2 is 2.08 bits per heavy atom. The molecule has 1 heterocycles. The maximum atomic E-state index is 12.1. The van der Waals surface area contributed by atoms with Gasteiger partial charge in [0.15, 0.2) is 5.96 Å². The second kappa shape index (κ2) is 11.2. The molecule has 5 nitrogen and oxygen atoms in total. The number of aliphatic imine (C=N–C) groups is 1. The van der Waals surface area contributed by atoms with Gasteiger partial charge in [-0.05, 0) is 32.9 Å². The van der Waals surface area contributed by atoms with Crippen LogP contribution in [-0.2, 0) is 0 Å². The third-order valence-electron chi connectivity index (χ3n) is 3.84. The van der Waals surface area contributed by atoms with E-state index in [1.54, 1.807) is 18.2 Å². The van der Waals surface area contributed by atoms with Crippen LogP contribution in [0.25, 0.3) is 0 Å². The number of thioether (sulfide) groups is 1. The summed E-state index contributed by atoms with van der Waals surface area (Å²) in [5, 5.41) is 6.69. The molecule has 146 valence electrons. The summed E-state index contributed by atoms with van der Waals surface area (Å²) < 4.78 is 0.229. The lowest BCUT2D eigenvalue weighted by molar-refractivity contribution is 0.0955. The first-order valence-corrected chi connectivity index (χ1v) is 9.99. The Hall–Kier alpha value is -0.670. The van der Waals surface area contributed by atoms with E-state index in [9.17, 15) is 4.79 Å². The van der Waals surface area contributed by atoms with Crippen molar-refractivity contribution in [3.8, 4) is 0 Å². The molecule has 1 aromatic carbocycles. The molecule has 2 rings (SSSR count). The van der Waals surface area contributed by atoms with Gasteiger partial charge >= 0.3 is 0 Å². The number of rotatable bonds is 5. The molecule has 0 aromatic heterocycles. The fraction of sp³-hybridized carbons (Fsp3) is 0.556. The van der Waals surface area contributed by atoms with E-state index >= 15 is 0 Å². The van der Waals surface area contributed by atoms with Gasteiger partial charge in [0, 0.05) is 36.7 Å². The fourth-order valence-corrected chi connectivity index (χ4v) is 4.03. The van der Waals surface area contributed by atoms with Crippen molar-refractivity contribution in [2.75, 3.05) is 38.5 Å². The minimum absolute atomic E-state index is 0. The number of amides is 1. The molecule has 0 spiro atoms. The summed E-state index contributed by atoms with van der Waals surface area (Å²) >= 11 is 8.04. The molecular formula is C18H28ClIN4OS. The minimum atomic E-state index is -0.165. The standard InChI is InChI=1S/C18H27ClN4OS.HI/c1-4-20-17(23-11-12-25-18(2,3)13-23)22-10-9-21-16(24)14-7-5-6-8-15(14)19;/h5-8H,4,9-13H2,1-3H3,(H,20,22)(H,21,24);1H. The van der Waals surface area contributed by atoms with Gasteiger partial charge in [0.05, 0.1) is 17.1 Å². The van der Waals surface area contributed by atoms with Gasteiger partial charge in [-0.15, -0.1) is 24.0 Å². The quantitative estimate of drug-likeness (QED) is 0.276. The van der Waals surface area contributed by atoms with Crippen LogP contribution in [0.2, 0.25) is 5.02 Å². The Balaban J connectivity index is 0.00000338. The Bertz CT molecular complexity index is 627. The van der Waals surface area contributed by atoms with Gasteiger partial charge in [-0.2, -0.15) is 11.8 Å². The van der Waals surface area contributed by atoms with Crippen molar-refractivity contribution in [1.29, 1.82) is 0 Å². The average Bonchev–Trinajstić information content (AvgIpc) is 2.57. The zero-order valence-electron chi connectivity index (χ0n) is 15.5. The zero-order valence-corrected chi connectivity index (χ0v) is 19.5. The van der Waals surface area contributed by atoms with Crippen LogP contribution in [0.4, 0.5) is 0 Å². The van der Waals surface area contributed by atoms with E-state index in [1.165, 1.54) is 0 Å². The molecule has 1 aliphatic rings. The first-order valence-electron chi connectivity index (χ1n) is 8.63. The van der Waals surface area contributed by atoms with Crippen LogP contribution in [0.15, 0.2) is 29.3 Å². The van der Waals surface area contributed by atoms with E-state index in [-0.39, 0.29) is 34.6 Å². The zero-order chi connectivity index (χ0) is 18.3. The number of benzene rings is 1. The second-order valence-corrected chi connectivity index (χ2v) is 8.71. The average molecular weight is 511 g/mol. The van der Waals surface area contributed by atoms with E-state index in [0.29, 0.717) is 23.7 Å². The number of carbonyl (C=O) groups excluding carboxylic acids is 1. The molecule has 1 aromatic rings. The summed E-state index contributed by atoms with van der Waals surface area (Å²) in [6.45, 7) is 10.4. The van der Waals surface area contributed by atoms with E-state index in [0.717, 1.165) is 31.3 Å². The lowest BCUT2D eigenvalue weighted by atomic mass is 10.2. The number of hydrogen-bond acceptors (Lipinski definition) is 3. The maximum absolute atomic E-state index is 12.1. The Kier molecular flexibility index (Phi) is 10.1. The summed E-state index contributed by atoms with van der Waals surface area (Å²) in [7, 11) is 0. The summed E-state index contributed by atoms with van der Waals surface area (Å²) in [5.41, 5.74) is 0.495. The van der Waals surface area contributed by atoms with Crippen molar-refractivity contribution in [3.63, 3.8) is 0 Å². The highest BCUT2D eigenvalue weighted by molar-refractivity contribution is 14.0. The van der Waals surface area contributed by atoms with Crippen molar-refractivity contribution < 1.29 is 4.79 Å². The third kappa shape index (κ3) is 7.15. The molecule has 0 saturated carbocycles. The fourth-order valence-electron chi connectivity index (χ4n) is 2.69. The monoisotopic (exact) mass is 510 g/mol. The third-order valence-corrected chi connectivity index (χ3v) is 5.46. The van der Waals surface area contributed by atoms with Crippen molar-refractivity contribution in [2.24, 2.45) is 4.99 Å². The molecule has 1 saturated heterocycles. The lowest BCUT2D eigenvalue weighted by Gasteiger charge is -2.39. The predicted molar refractivity (Wildman–Crippen MR) is 123 cm³/mol. The summed E-state index contributed by atoms with van der Waals surface area (Å²) in [5.74, 6) is 1.85. The van der Waals surface area contributed by atoms with Gasteiger partial charge in [0.1, 0.15) is 0 Å². The molecular weight excluding hydrogens is 483 g/mol. The maximum Gasteiger partial charge on any atom is 0.252 e. The molecule has 0 unspecified atom stereocenters. The van der Waals surface area contributed by atoms with Crippen molar-refractivity contribution in [3.05, 3.63) is 34.9 Å². The van der Waals surface area contributed by atoms with Crippen LogP contribution in [0, 0.1) is 0 Å². The molecule has 26 heavy (non-hydrogen) atoms. The SMILES string of the molecule is CCNC(=NCCNC(=O)c1ccccc1Cl)N1CCSC(C)(C)C1.I. The molecule has 2 N–H and O–H groups in total. The second-order valence-electron chi connectivity index (χ2n) is 6.50. The van der Waals surface area contributed by atoms with Crippen molar-refractivity contribution >= 4 is 59.2 Å². The van der Waals surface area contributed by atoms with E-state index < -0.39 is 0 Å². The lowest BCUT2D eigenvalue weighted by Crippen LogP contribution is -2.51. The number of nitrogens with zero attached hydrogens (tertiary/aromatic N) is 2. The Morgan fingerprint density at radius 3 is 2.73 bits per heavy atom. The molecule has 8 heteroatoms. The number of nitrogens with one attached hydrogen (secondary N) is 2. The first kappa shape index (κ1) is 23.4. The molecule has 1 amide bonds. The van der Waals surface area contributed by atoms with E-state index in [4.69, 9.17) is 11.6 Å². The smallest absolute Gasteiger partial charge is 0.252 e. The van der Waals surface area contributed by atoms with Crippen LogP contribution in [0.1, 0.15) is 31.1 Å². The van der Waals surface area contributed by atoms with Gasteiger partial charge in [-0.25, -0.2) is 0 Å². The van der Waals surface area contributed by atoms with Crippen LogP contribution < -0.4 is 10.6 Å². The Morgan fingerprint density at radius 1 is 1.35 bits per heavy atom. The molecule has 0 radical (unpaired) electrons. The molecule has 1 aliphatic heterocycles. The van der Waals surface area contributed by atoms with Crippen LogP contribution in [-0.4, -0.2) is 60.0 Å². The highest BCUT2D eigenvalue weighted by Gasteiger charge is 2.28. The summed E-state index contributed by atoms with van der Waals surface area (Å²) in [4.78, 5) is 19.1. The van der Waals surface area contributed by atoms with Crippen LogP contribution in [0.3, 0.4) is 0 Å². The molecule has 0 atom stereocenters. The van der Waals surface area contributed by atoms with Crippen molar-refractivity contribution in [1.82, 2.24) is 15.5 Å². The highest BCUT2D eigenvalue weighted by atomic mass is 127. The predicted octanol–water partition coefficient (Wildman–Crippen LogP) is 3.48. The number of hydrogen-bond donors (Lipinski definition) is 2. The summed E-state index contributed by atoms with van der Waals surface area (Å²) in [6.07, 6.45) is 0. The van der Waals surface area contributed by atoms with Gasteiger partial charge in [-0.1, -0.05) is 23.7 Å². The minimum Gasteiger partial charge on any atom is -0.357 e. The number of halogens is 2. The molecule has 0 aliphatic carbocycles. The molecule has 0 bridgehead atoms. The molecule has 1 fully saturated rings. The highest BCUT2D eigenvalue weighted by Crippen LogP contribution is 2.29. The van der Waals surface area contributed by atoms with Gasteiger partial charge in [0.2, 0.25) is 0 Å². The summed E-state index contributed by atoms with van der Waals surface area (Å²) in [6, 6.07) is 7.05.